The third-order valence-electron chi connectivity index (χ3n) is 2.80. The number of nitrogens with zero attached hydrogens (tertiary/aromatic N) is 1. The highest BCUT2D eigenvalue weighted by Gasteiger charge is 2.18. The summed E-state index contributed by atoms with van der Waals surface area (Å²) in [7, 11) is 1.79. The van der Waals surface area contributed by atoms with Crippen LogP contribution in [0.15, 0.2) is 18.2 Å². The van der Waals surface area contributed by atoms with E-state index in [1.165, 1.54) is 11.3 Å². The van der Waals surface area contributed by atoms with Crippen molar-refractivity contribution < 1.29 is 4.79 Å². The molecule has 19 heavy (non-hydrogen) atoms. The summed E-state index contributed by atoms with van der Waals surface area (Å²) < 4.78 is 0. The van der Waals surface area contributed by atoms with E-state index >= 15 is 0 Å². The molecule has 6 heteroatoms. The van der Waals surface area contributed by atoms with Crippen molar-refractivity contribution >= 4 is 33.6 Å². The van der Waals surface area contributed by atoms with Gasteiger partial charge in [-0.15, -0.1) is 0 Å². The van der Waals surface area contributed by atoms with Crippen molar-refractivity contribution in [3.63, 3.8) is 0 Å². The zero-order chi connectivity index (χ0) is 14.0. The average molecular weight is 276 g/mol. The first-order valence-corrected chi connectivity index (χ1v) is 6.75. The van der Waals surface area contributed by atoms with Gasteiger partial charge in [-0.3, -0.25) is 4.79 Å². The number of rotatable bonds is 4. The zero-order valence-electron chi connectivity index (χ0n) is 10.9. The zero-order valence-corrected chi connectivity index (χ0v) is 11.7. The van der Waals surface area contributed by atoms with Gasteiger partial charge in [-0.1, -0.05) is 18.3 Å². The van der Waals surface area contributed by atoms with Crippen molar-refractivity contribution in [3.8, 4) is 0 Å². The van der Waals surface area contributed by atoms with Crippen molar-refractivity contribution in [2.75, 3.05) is 23.8 Å². The largest absolute Gasteiger partial charge is 0.397 e. The van der Waals surface area contributed by atoms with E-state index in [-0.39, 0.29) is 5.78 Å². The highest BCUT2D eigenvalue weighted by molar-refractivity contribution is 7.17. The first-order valence-electron chi connectivity index (χ1n) is 5.94. The van der Waals surface area contributed by atoms with Crippen molar-refractivity contribution in [2.45, 2.75) is 13.3 Å². The number of benzene rings is 1. The van der Waals surface area contributed by atoms with Crippen LogP contribution < -0.4 is 16.8 Å². The van der Waals surface area contributed by atoms with Gasteiger partial charge in [0.05, 0.1) is 17.1 Å². The molecule has 5 N–H and O–H groups in total. The summed E-state index contributed by atoms with van der Waals surface area (Å²) in [5, 5.41) is 3.70. The number of ketones is 1. The third kappa shape index (κ3) is 2.53. The maximum atomic E-state index is 12.5. The minimum Gasteiger partial charge on any atom is -0.397 e. The number of anilines is 3. The van der Waals surface area contributed by atoms with Crippen LogP contribution in [0.1, 0.15) is 27.9 Å². The summed E-state index contributed by atoms with van der Waals surface area (Å²) in [6.07, 6.45) is 0.712. The standard InChI is InChI=1S/C13H16N4OS/c1-3-10-12(19-13(16-2)17-10)11(18)7-4-5-8(14)9(15)6-7/h4-6H,3,14-15H2,1-2H3,(H,16,17). The van der Waals surface area contributed by atoms with E-state index in [0.717, 1.165) is 10.8 Å². The van der Waals surface area contributed by atoms with Crippen molar-refractivity contribution in [3.05, 3.63) is 34.3 Å². The highest BCUT2D eigenvalue weighted by atomic mass is 32.1. The number of aromatic nitrogens is 1. The number of hydrogen-bond acceptors (Lipinski definition) is 6. The Balaban J connectivity index is 2.43. The summed E-state index contributed by atoms with van der Waals surface area (Å²) in [6, 6.07) is 4.94. The molecule has 2 aromatic rings. The lowest BCUT2D eigenvalue weighted by Gasteiger charge is -2.03. The number of nitrogens with two attached hydrogens (primary N) is 2. The van der Waals surface area contributed by atoms with E-state index in [1.807, 2.05) is 6.92 Å². The summed E-state index contributed by atoms with van der Waals surface area (Å²) in [5.41, 5.74) is 13.6. The molecule has 0 amide bonds. The summed E-state index contributed by atoms with van der Waals surface area (Å²) in [6.45, 7) is 1.97. The molecule has 5 nitrogen and oxygen atoms in total. The fourth-order valence-electron chi connectivity index (χ4n) is 1.72. The minimum absolute atomic E-state index is 0.0671. The van der Waals surface area contributed by atoms with E-state index in [4.69, 9.17) is 11.5 Å². The predicted molar refractivity (Wildman–Crippen MR) is 79.7 cm³/mol. The molecule has 0 aliphatic heterocycles. The van der Waals surface area contributed by atoms with Crippen LogP contribution in [0.5, 0.6) is 0 Å². The lowest BCUT2D eigenvalue weighted by molar-refractivity contribution is 0.104. The van der Waals surface area contributed by atoms with Crippen molar-refractivity contribution in [2.24, 2.45) is 0 Å². The second kappa shape index (κ2) is 5.27. The van der Waals surface area contributed by atoms with Gasteiger partial charge in [0.2, 0.25) is 5.78 Å². The third-order valence-corrected chi connectivity index (χ3v) is 3.92. The Labute approximate surface area is 115 Å². The molecule has 0 fully saturated rings. The Morgan fingerprint density at radius 1 is 1.37 bits per heavy atom. The normalized spacial score (nSPS) is 10.4. The van der Waals surface area contributed by atoms with Crippen LogP contribution in [-0.4, -0.2) is 17.8 Å². The molecule has 0 radical (unpaired) electrons. The monoisotopic (exact) mass is 276 g/mol. The number of aryl methyl sites for hydroxylation is 1. The first kappa shape index (κ1) is 13.4. The van der Waals surface area contributed by atoms with Gasteiger partial charge >= 0.3 is 0 Å². The van der Waals surface area contributed by atoms with Crippen LogP contribution in [0.2, 0.25) is 0 Å². The fourth-order valence-corrected chi connectivity index (χ4v) is 2.69. The molecule has 100 valence electrons. The number of hydrogen-bond donors (Lipinski definition) is 3. The summed E-state index contributed by atoms with van der Waals surface area (Å²) in [5.74, 6) is -0.0671. The molecule has 0 bridgehead atoms. The van der Waals surface area contributed by atoms with Gasteiger partial charge in [0, 0.05) is 12.6 Å². The second-order valence-electron chi connectivity index (χ2n) is 4.07. The van der Waals surface area contributed by atoms with Crippen LogP contribution in [0, 0.1) is 0 Å². The molecule has 1 heterocycles. The van der Waals surface area contributed by atoms with Gasteiger partial charge in [0.25, 0.3) is 0 Å². The maximum Gasteiger partial charge on any atom is 0.205 e. The van der Waals surface area contributed by atoms with Crippen LogP contribution in [0.3, 0.4) is 0 Å². The molecule has 0 spiro atoms. The number of carbonyl (C=O) groups excluding carboxylic acids is 1. The molecule has 0 aliphatic carbocycles. The lowest BCUT2D eigenvalue weighted by Crippen LogP contribution is -2.04. The average Bonchev–Trinajstić information content (AvgIpc) is 2.84. The van der Waals surface area contributed by atoms with E-state index in [1.54, 1.807) is 25.2 Å². The predicted octanol–water partition coefficient (Wildman–Crippen LogP) is 2.14. The lowest BCUT2D eigenvalue weighted by atomic mass is 10.1. The number of nitrogen functional groups attached to an aromatic ring is 2. The molecular weight excluding hydrogens is 260 g/mol. The smallest absolute Gasteiger partial charge is 0.205 e. The second-order valence-corrected chi connectivity index (χ2v) is 5.07. The van der Waals surface area contributed by atoms with Gasteiger partial charge in [-0.05, 0) is 24.6 Å². The molecule has 1 aromatic heterocycles. The minimum atomic E-state index is -0.0671. The molecule has 2 rings (SSSR count). The van der Waals surface area contributed by atoms with Crippen LogP contribution in [0.4, 0.5) is 16.5 Å². The molecular formula is C13H16N4OS. The molecule has 0 unspecified atom stereocenters. The van der Waals surface area contributed by atoms with Gasteiger partial charge in [-0.25, -0.2) is 4.98 Å². The van der Waals surface area contributed by atoms with E-state index in [0.29, 0.717) is 28.2 Å². The molecule has 0 aliphatic rings. The maximum absolute atomic E-state index is 12.5. The first-order chi connectivity index (χ1) is 9.06. The topological polar surface area (TPSA) is 94.0 Å². The van der Waals surface area contributed by atoms with E-state index in [9.17, 15) is 4.79 Å². The van der Waals surface area contributed by atoms with Crippen LogP contribution >= 0.6 is 11.3 Å². The molecule has 1 aromatic carbocycles. The van der Waals surface area contributed by atoms with Gasteiger partial charge in [0.1, 0.15) is 4.88 Å². The summed E-state index contributed by atoms with van der Waals surface area (Å²) in [4.78, 5) is 17.5. The molecule has 0 atom stereocenters. The van der Waals surface area contributed by atoms with Gasteiger partial charge in [-0.2, -0.15) is 0 Å². The van der Waals surface area contributed by atoms with E-state index in [2.05, 4.69) is 10.3 Å². The fraction of sp³-hybridized carbons (Fsp3) is 0.231. The quantitative estimate of drug-likeness (QED) is 0.587. The Kier molecular flexibility index (Phi) is 3.71. The van der Waals surface area contributed by atoms with Crippen molar-refractivity contribution in [1.29, 1.82) is 0 Å². The number of thiazole rings is 1. The van der Waals surface area contributed by atoms with E-state index < -0.39 is 0 Å². The molecule has 0 saturated carbocycles. The van der Waals surface area contributed by atoms with Crippen LogP contribution in [0.25, 0.3) is 0 Å². The Morgan fingerprint density at radius 2 is 2.11 bits per heavy atom. The molecule has 0 saturated heterocycles. The SMILES string of the molecule is CCc1nc(NC)sc1C(=O)c1ccc(N)c(N)c1. The van der Waals surface area contributed by atoms with Crippen LogP contribution in [-0.2, 0) is 6.42 Å². The summed E-state index contributed by atoms with van der Waals surface area (Å²) >= 11 is 1.35. The Bertz CT molecular complexity index is 621. The Morgan fingerprint density at radius 3 is 2.68 bits per heavy atom. The van der Waals surface area contributed by atoms with Gasteiger partial charge < -0.3 is 16.8 Å². The number of nitrogens with one attached hydrogen (secondary N) is 1. The highest BCUT2D eigenvalue weighted by Crippen LogP contribution is 2.27. The van der Waals surface area contributed by atoms with Crippen molar-refractivity contribution in [1.82, 2.24) is 4.98 Å². The van der Waals surface area contributed by atoms with Gasteiger partial charge in [0.15, 0.2) is 5.13 Å². The Hall–Kier alpha value is -2.08. The number of carbonyl (C=O) groups is 1.